The Morgan fingerprint density at radius 3 is 2.53 bits per heavy atom. The lowest BCUT2D eigenvalue weighted by Crippen LogP contribution is -2.45. The zero-order chi connectivity index (χ0) is 31.9. The molecule has 6 rings (SSSR count). The second-order valence-corrected chi connectivity index (χ2v) is 16.4. The van der Waals surface area contributed by atoms with Crippen LogP contribution in [-0.4, -0.2) is 57.7 Å². The minimum absolute atomic E-state index is 0.0152. The zero-order valence-electron chi connectivity index (χ0n) is 25.6. The summed E-state index contributed by atoms with van der Waals surface area (Å²) >= 11 is 0. The van der Waals surface area contributed by atoms with Gasteiger partial charge < -0.3 is 25.7 Å². The van der Waals surface area contributed by atoms with Crippen LogP contribution >= 0.6 is 0 Å². The maximum absolute atomic E-state index is 14.7. The fourth-order valence-corrected chi connectivity index (χ4v) is 9.56. The fraction of sp³-hybridized carbons (Fsp3) is 0.333. The third-order valence-electron chi connectivity index (χ3n) is 8.93. The number of carbonyl (C=O) groups excluding carboxylic acids is 2. The summed E-state index contributed by atoms with van der Waals surface area (Å²) in [5.74, 6) is -0.908. The van der Waals surface area contributed by atoms with Crippen LogP contribution in [-0.2, 0) is 28.1 Å². The number of fused-ring (bicyclic) bond motifs is 2. The van der Waals surface area contributed by atoms with Gasteiger partial charge in [0.1, 0.15) is 0 Å². The molecule has 0 radical (unpaired) electrons. The van der Waals surface area contributed by atoms with E-state index >= 15 is 0 Å². The highest BCUT2D eigenvalue weighted by atomic mass is 28.4. The lowest BCUT2D eigenvalue weighted by atomic mass is 9.82. The van der Waals surface area contributed by atoms with E-state index in [1.165, 1.54) is 0 Å². The molecule has 12 heteroatoms. The minimum atomic E-state index is -2.88. The number of rotatable bonds is 9. The molecule has 1 fully saturated rings. The summed E-state index contributed by atoms with van der Waals surface area (Å²) < 4.78 is 8.65. The van der Waals surface area contributed by atoms with E-state index in [0.717, 1.165) is 0 Å². The van der Waals surface area contributed by atoms with Gasteiger partial charge in [0.25, 0.3) is 11.8 Å². The molecule has 2 amide bonds. The summed E-state index contributed by atoms with van der Waals surface area (Å²) in [4.78, 5) is 41.2. The summed E-state index contributed by atoms with van der Waals surface area (Å²) in [7, 11) is -2.88. The van der Waals surface area contributed by atoms with Crippen molar-refractivity contribution in [1.82, 2.24) is 15.0 Å². The number of nitrogen functional groups attached to an aromatic ring is 1. The van der Waals surface area contributed by atoms with Gasteiger partial charge in [0.15, 0.2) is 13.9 Å². The number of aliphatic hydroxyl groups is 1. The highest BCUT2D eigenvalue weighted by Gasteiger charge is 2.66. The van der Waals surface area contributed by atoms with E-state index in [1.807, 2.05) is 62.5 Å². The topological polar surface area (TPSA) is 156 Å². The number of aromatic nitrogens is 3. The Morgan fingerprint density at radius 2 is 1.84 bits per heavy atom. The first-order valence-electron chi connectivity index (χ1n) is 15.1. The smallest absolute Gasteiger partial charge is 0.268 e. The molecule has 234 valence electrons. The van der Waals surface area contributed by atoms with Gasteiger partial charge in [-0.25, -0.2) is 0 Å². The molecule has 3 heterocycles. The van der Waals surface area contributed by atoms with Gasteiger partial charge in [0.05, 0.1) is 17.5 Å². The molecule has 11 nitrogen and oxygen atoms in total. The molecule has 0 bridgehead atoms. The first kappa shape index (κ1) is 30.7. The zero-order valence-corrected chi connectivity index (χ0v) is 26.6. The van der Waals surface area contributed by atoms with Gasteiger partial charge in [-0.15, -0.1) is 5.10 Å². The van der Waals surface area contributed by atoms with Crippen LogP contribution in [0.2, 0.25) is 18.6 Å². The van der Waals surface area contributed by atoms with E-state index in [0.29, 0.717) is 59.0 Å². The molecule has 4 atom stereocenters. The number of ether oxygens (including phenoxy) is 1. The largest absolute Gasteiger partial charge is 0.432 e. The molecular weight excluding hydrogens is 588 g/mol. The third-order valence-corrected chi connectivity index (χ3v) is 11.4. The number of aryl methyl sites for hydroxylation is 1. The number of amides is 2. The molecule has 3 aromatic carbocycles. The van der Waals surface area contributed by atoms with E-state index in [2.05, 4.69) is 15.6 Å². The van der Waals surface area contributed by atoms with Gasteiger partial charge in [0.2, 0.25) is 0 Å². The predicted molar refractivity (Wildman–Crippen MR) is 173 cm³/mol. The number of nitrogens with zero attached hydrogens (tertiary/aromatic N) is 4. The molecule has 2 aliphatic rings. The van der Waals surface area contributed by atoms with Crippen molar-refractivity contribution in [2.24, 2.45) is 5.92 Å². The third kappa shape index (κ3) is 5.54. The molecule has 4 aromatic rings. The monoisotopic (exact) mass is 626 g/mol. The van der Waals surface area contributed by atoms with Crippen molar-refractivity contribution in [3.05, 3.63) is 95.8 Å². The summed E-state index contributed by atoms with van der Waals surface area (Å²) in [6, 6.07) is 21.5. The molecule has 45 heavy (non-hydrogen) atoms. The van der Waals surface area contributed by atoms with Gasteiger partial charge in [-0.1, -0.05) is 30.3 Å². The lowest BCUT2D eigenvalue weighted by molar-refractivity contribution is -0.145. The molecule has 2 aliphatic heterocycles. The van der Waals surface area contributed by atoms with E-state index in [4.69, 9.17) is 10.5 Å². The number of nitrogens with two attached hydrogens (primary N) is 1. The SMILES string of the molecule is C[C@@H]1[C@@H]([Si](C)(C)O)[C@H](CCn2cc(CCO)nn2)O[C@@]12C(=O)N(c1ccccc1)c1ccc(NC(=O)c3ccc(N)cc3)cc12. The van der Waals surface area contributed by atoms with Gasteiger partial charge in [-0.05, 0) is 74.1 Å². The standard InChI is InChI=1S/C33H38N6O5Si/c1-21-30(45(2,3)43)29(15-17-38-20-25(16-18-40)36-37-38)44-33(21)27-19-24(35-31(41)22-9-11-23(34)12-10-22)13-14-28(27)39(32(33)42)26-7-5-4-6-8-26/h4-14,19-21,29-30,40,43H,15-18,34H2,1-3H3,(H,35,41)/t21-,29+,30-,33+/m1/s1. The Labute approximate surface area is 262 Å². The average Bonchev–Trinajstić information content (AvgIpc) is 3.66. The summed E-state index contributed by atoms with van der Waals surface area (Å²) in [6.07, 6.45) is 2.26. The number of anilines is 4. The second kappa shape index (κ2) is 11.9. The first-order chi connectivity index (χ1) is 21.5. The van der Waals surface area contributed by atoms with Gasteiger partial charge >= 0.3 is 0 Å². The number of hydrogen-bond donors (Lipinski definition) is 4. The summed E-state index contributed by atoms with van der Waals surface area (Å²) in [5, 5.41) is 20.5. The highest BCUT2D eigenvalue weighted by molar-refractivity contribution is 6.71. The Balaban J connectivity index is 1.39. The molecule has 0 saturated carbocycles. The van der Waals surface area contributed by atoms with Crippen molar-refractivity contribution in [2.45, 2.75) is 56.7 Å². The second-order valence-electron chi connectivity index (χ2n) is 12.4. The normalized spacial score (nSPS) is 22.6. The van der Waals surface area contributed by atoms with Crippen molar-refractivity contribution < 1.29 is 24.2 Å². The predicted octanol–water partition coefficient (Wildman–Crippen LogP) is 4.21. The van der Waals surface area contributed by atoms with Crippen LogP contribution in [0.15, 0.2) is 79.0 Å². The number of carbonyl (C=O) groups is 2. The van der Waals surface area contributed by atoms with Gasteiger partial charge in [0, 0.05) is 65.4 Å². The Kier molecular flexibility index (Phi) is 8.08. The Bertz CT molecular complexity index is 1710. The molecule has 5 N–H and O–H groups in total. The average molecular weight is 627 g/mol. The fourth-order valence-electron chi connectivity index (χ4n) is 6.96. The van der Waals surface area contributed by atoms with Crippen LogP contribution in [0, 0.1) is 5.92 Å². The van der Waals surface area contributed by atoms with Crippen molar-refractivity contribution >= 4 is 42.9 Å². The number of hydrogen-bond acceptors (Lipinski definition) is 8. The van der Waals surface area contributed by atoms with E-state index in [-0.39, 0.29) is 29.9 Å². The lowest BCUT2D eigenvalue weighted by Gasteiger charge is -2.32. The van der Waals surface area contributed by atoms with Crippen LogP contribution < -0.4 is 16.0 Å². The Hall–Kier alpha value is -4.36. The molecule has 0 aliphatic carbocycles. The highest BCUT2D eigenvalue weighted by Crippen LogP contribution is 2.61. The van der Waals surface area contributed by atoms with Crippen LogP contribution in [0.1, 0.15) is 35.0 Å². The van der Waals surface area contributed by atoms with Crippen molar-refractivity contribution in [1.29, 1.82) is 0 Å². The van der Waals surface area contributed by atoms with E-state index < -0.39 is 20.0 Å². The van der Waals surface area contributed by atoms with Crippen molar-refractivity contribution in [2.75, 3.05) is 22.6 Å². The number of para-hydroxylation sites is 1. The van der Waals surface area contributed by atoms with Crippen molar-refractivity contribution in [3.8, 4) is 0 Å². The first-order valence-corrected chi connectivity index (χ1v) is 18.2. The van der Waals surface area contributed by atoms with Crippen LogP contribution in [0.3, 0.4) is 0 Å². The van der Waals surface area contributed by atoms with Crippen LogP contribution in [0.5, 0.6) is 0 Å². The quantitative estimate of drug-likeness (QED) is 0.159. The minimum Gasteiger partial charge on any atom is -0.432 e. The molecule has 0 unspecified atom stereocenters. The van der Waals surface area contributed by atoms with Crippen LogP contribution in [0.25, 0.3) is 0 Å². The Morgan fingerprint density at radius 1 is 1.11 bits per heavy atom. The van der Waals surface area contributed by atoms with Gasteiger partial charge in [-0.2, -0.15) is 0 Å². The van der Waals surface area contributed by atoms with Crippen molar-refractivity contribution in [3.63, 3.8) is 0 Å². The van der Waals surface area contributed by atoms with Crippen LogP contribution in [0.4, 0.5) is 22.7 Å². The summed E-state index contributed by atoms with van der Waals surface area (Å²) in [5.41, 5.74) is 8.38. The van der Waals surface area contributed by atoms with E-state index in [9.17, 15) is 19.5 Å². The molecular formula is C33H38N6O5Si. The number of benzene rings is 3. The van der Waals surface area contributed by atoms with Gasteiger partial charge in [-0.3, -0.25) is 19.2 Å². The maximum Gasteiger partial charge on any atom is 0.268 e. The number of aliphatic hydroxyl groups excluding tert-OH is 1. The molecule has 1 spiro atoms. The number of nitrogens with one attached hydrogen (secondary N) is 1. The summed E-state index contributed by atoms with van der Waals surface area (Å²) in [6.45, 7) is 6.21. The maximum atomic E-state index is 14.7. The molecule has 1 aromatic heterocycles. The van der Waals surface area contributed by atoms with E-state index in [1.54, 1.807) is 46.1 Å². The molecule has 1 saturated heterocycles.